The summed E-state index contributed by atoms with van der Waals surface area (Å²) < 4.78 is 40.0. The summed E-state index contributed by atoms with van der Waals surface area (Å²) >= 11 is 0. The Bertz CT molecular complexity index is 640. The fourth-order valence-electron chi connectivity index (χ4n) is 2.36. The molecule has 0 amide bonds. The van der Waals surface area contributed by atoms with Gasteiger partial charge >= 0.3 is 0 Å². The third kappa shape index (κ3) is 2.68. The monoisotopic (exact) mass is 297 g/mol. The Kier molecular flexibility index (Phi) is 4.38. The molecule has 20 heavy (non-hydrogen) atoms. The molecule has 0 spiro atoms. The number of sulfonamides is 1. The quantitative estimate of drug-likeness (QED) is 0.897. The van der Waals surface area contributed by atoms with Gasteiger partial charge in [0.15, 0.2) is 0 Å². The zero-order chi connectivity index (χ0) is 14.8. The van der Waals surface area contributed by atoms with Crippen LogP contribution in [0.2, 0.25) is 0 Å². The number of rotatable bonds is 2. The van der Waals surface area contributed by atoms with Crippen molar-refractivity contribution in [3.8, 4) is 6.07 Å². The average Bonchev–Trinajstić information content (AvgIpc) is 2.63. The smallest absolute Gasteiger partial charge is 0.245 e. The minimum Gasteiger partial charge on any atom is -0.315 e. The Morgan fingerprint density at radius 1 is 1.35 bits per heavy atom. The van der Waals surface area contributed by atoms with Crippen LogP contribution in [0.25, 0.3) is 0 Å². The lowest BCUT2D eigenvalue weighted by Gasteiger charge is -2.26. The maximum Gasteiger partial charge on any atom is 0.245 e. The molecule has 0 aromatic heterocycles. The first-order chi connectivity index (χ1) is 9.48. The van der Waals surface area contributed by atoms with Crippen LogP contribution in [0.1, 0.15) is 31.2 Å². The minimum absolute atomic E-state index is 0.297. The second kappa shape index (κ2) is 5.87. The molecule has 0 bridgehead atoms. The average molecular weight is 297 g/mol. The standard InChI is InChI=1S/C13H16FN3O2S/c14-11-5-4-6-12(10(11)9-15)20(18,19)17-8-3-1-2-7-13(17)16/h4-6,13H,1-3,7-8,16H2. The van der Waals surface area contributed by atoms with Crippen LogP contribution < -0.4 is 5.73 Å². The largest absolute Gasteiger partial charge is 0.315 e. The first-order valence-corrected chi connectivity index (χ1v) is 7.88. The molecule has 108 valence electrons. The lowest BCUT2D eigenvalue weighted by Crippen LogP contribution is -2.45. The Morgan fingerprint density at radius 3 is 2.80 bits per heavy atom. The third-order valence-electron chi connectivity index (χ3n) is 3.42. The summed E-state index contributed by atoms with van der Waals surface area (Å²) in [5, 5.41) is 8.98. The van der Waals surface area contributed by atoms with E-state index in [2.05, 4.69) is 0 Å². The van der Waals surface area contributed by atoms with Crippen LogP contribution in [0.5, 0.6) is 0 Å². The summed E-state index contributed by atoms with van der Waals surface area (Å²) in [7, 11) is -3.95. The van der Waals surface area contributed by atoms with E-state index in [1.807, 2.05) is 0 Å². The second-order valence-electron chi connectivity index (χ2n) is 4.76. The number of halogens is 1. The van der Waals surface area contributed by atoms with Gasteiger partial charge in [0.05, 0.1) is 6.17 Å². The number of benzene rings is 1. The third-order valence-corrected chi connectivity index (χ3v) is 5.39. The van der Waals surface area contributed by atoms with Crippen molar-refractivity contribution in [1.29, 1.82) is 5.26 Å². The van der Waals surface area contributed by atoms with Crippen molar-refractivity contribution in [2.45, 2.75) is 36.7 Å². The molecule has 1 aliphatic rings. The van der Waals surface area contributed by atoms with Crippen LogP contribution in [0, 0.1) is 17.1 Å². The molecule has 1 aliphatic heterocycles. The highest BCUT2D eigenvalue weighted by molar-refractivity contribution is 7.89. The molecular formula is C13H16FN3O2S. The fraction of sp³-hybridized carbons (Fsp3) is 0.462. The lowest BCUT2D eigenvalue weighted by molar-refractivity contribution is 0.329. The molecule has 0 aliphatic carbocycles. The highest BCUT2D eigenvalue weighted by Crippen LogP contribution is 2.26. The summed E-state index contributed by atoms with van der Waals surface area (Å²) in [5.41, 5.74) is 5.45. The van der Waals surface area contributed by atoms with E-state index < -0.39 is 27.6 Å². The van der Waals surface area contributed by atoms with Gasteiger partial charge in [0, 0.05) is 6.54 Å². The van der Waals surface area contributed by atoms with E-state index in [9.17, 15) is 12.8 Å². The molecule has 2 rings (SSSR count). The van der Waals surface area contributed by atoms with E-state index in [-0.39, 0.29) is 4.90 Å². The summed E-state index contributed by atoms with van der Waals surface area (Å²) in [6.45, 7) is 0.297. The van der Waals surface area contributed by atoms with Gasteiger partial charge in [0.1, 0.15) is 22.3 Å². The van der Waals surface area contributed by atoms with Gasteiger partial charge in [-0.25, -0.2) is 12.8 Å². The molecule has 5 nitrogen and oxygen atoms in total. The van der Waals surface area contributed by atoms with Crippen LogP contribution in [-0.4, -0.2) is 25.4 Å². The molecular weight excluding hydrogens is 281 g/mol. The van der Waals surface area contributed by atoms with Crippen molar-refractivity contribution in [3.05, 3.63) is 29.6 Å². The van der Waals surface area contributed by atoms with E-state index in [1.165, 1.54) is 16.4 Å². The maximum atomic E-state index is 13.6. The normalized spacial score (nSPS) is 21.1. The van der Waals surface area contributed by atoms with Crippen molar-refractivity contribution in [3.63, 3.8) is 0 Å². The molecule has 0 saturated carbocycles. The van der Waals surface area contributed by atoms with Crippen molar-refractivity contribution >= 4 is 10.0 Å². The molecule has 1 heterocycles. The molecule has 1 saturated heterocycles. The Labute approximate surface area is 117 Å². The molecule has 1 fully saturated rings. The van der Waals surface area contributed by atoms with Crippen LogP contribution in [0.4, 0.5) is 4.39 Å². The fourth-order valence-corrected chi connectivity index (χ4v) is 4.10. The number of hydrogen-bond donors (Lipinski definition) is 1. The van der Waals surface area contributed by atoms with Crippen LogP contribution in [-0.2, 0) is 10.0 Å². The van der Waals surface area contributed by atoms with E-state index in [0.29, 0.717) is 19.4 Å². The van der Waals surface area contributed by atoms with Crippen LogP contribution in [0.15, 0.2) is 23.1 Å². The van der Waals surface area contributed by atoms with E-state index in [0.717, 1.165) is 18.9 Å². The lowest BCUT2D eigenvalue weighted by atomic mass is 10.2. The van der Waals surface area contributed by atoms with Gasteiger partial charge in [-0.05, 0) is 25.0 Å². The number of nitriles is 1. The highest BCUT2D eigenvalue weighted by Gasteiger charge is 2.32. The molecule has 1 atom stereocenters. The highest BCUT2D eigenvalue weighted by atomic mass is 32.2. The first kappa shape index (κ1) is 14.9. The molecule has 1 aromatic carbocycles. The van der Waals surface area contributed by atoms with Gasteiger partial charge in [-0.3, -0.25) is 0 Å². The second-order valence-corrected chi connectivity index (χ2v) is 6.62. The molecule has 2 N–H and O–H groups in total. The van der Waals surface area contributed by atoms with Crippen molar-refractivity contribution < 1.29 is 12.8 Å². The molecule has 0 radical (unpaired) electrons. The van der Waals surface area contributed by atoms with E-state index in [1.54, 1.807) is 6.07 Å². The molecule has 7 heteroatoms. The van der Waals surface area contributed by atoms with E-state index in [4.69, 9.17) is 11.0 Å². The summed E-state index contributed by atoms with van der Waals surface area (Å²) in [6, 6.07) is 5.22. The Balaban J connectivity index is 2.50. The Morgan fingerprint density at radius 2 is 2.10 bits per heavy atom. The van der Waals surface area contributed by atoms with Gasteiger partial charge < -0.3 is 5.73 Å². The van der Waals surface area contributed by atoms with Crippen LogP contribution >= 0.6 is 0 Å². The number of nitrogens with zero attached hydrogens (tertiary/aromatic N) is 2. The zero-order valence-corrected chi connectivity index (χ0v) is 11.7. The molecule has 1 aromatic rings. The van der Waals surface area contributed by atoms with Gasteiger partial charge in [-0.15, -0.1) is 0 Å². The first-order valence-electron chi connectivity index (χ1n) is 6.44. The number of hydrogen-bond acceptors (Lipinski definition) is 4. The maximum absolute atomic E-state index is 13.6. The molecule has 1 unspecified atom stereocenters. The van der Waals surface area contributed by atoms with Gasteiger partial charge in [0.25, 0.3) is 0 Å². The summed E-state index contributed by atoms with van der Waals surface area (Å²) in [6.07, 6.45) is 2.42. The van der Waals surface area contributed by atoms with Gasteiger partial charge in [0.2, 0.25) is 10.0 Å². The van der Waals surface area contributed by atoms with Crippen molar-refractivity contribution in [1.82, 2.24) is 4.31 Å². The minimum atomic E-state index is -3.95. The van der Waals surface area contributed by atoms with Gasteiger partial charge in [-0.2, -0.15) is 9.57 Å². The van der Waals surface area contributed by atoms with Crippen molar-refractivity contribution in [2.75, 3.05) is 6.54 Å². The topological polar surface area (TPSA) is 87.2 Å². The summed E-state index contributed by atoms with van der Waals surface area (Å²) in [4.78, 5) is -0.308. The predicted molar refractivity (Wildman–Crippen MR) is 71.5 cm³/mol. The predicted octanol–water partition coefficient (Wildman–Crippen LogP) is 1.55. The van der Waals surface area contributed by atoms with E-state index >= 15 is 0 Å². The van der Waals surface area contributed by atoms with Gasteiger partial charge in [-0.1, -0.05) is 18.9 Å². The zero-order valence-electron chi connectivity index (χ0n) is 10.9. The SMILES string of the molecule is N#Cc1c(F)cccc1S(=O)(=O)N1CCCCCC1N. The number of nitrogens with two attached hydrogens (primary N) is 1. The summed E-state index contributed by atoms with van der Waals surface area (Å²) in [5.74, 6) is -0.836. The van der Waals surface area contributed by atoms with Crippen LogP contribution in [0.3, 0.4) is 0 Å². The Hall–Kier alpha value is -1.49. The van der Waals surface area contributed by atoms with Crippen molar-refractivity contribution in [2.24, 2.45) is 5.73 Å².